The number of hydrogen-bond donors (Lipinski definition) is 0. The van der Waals surface area contributed by atoms with Gasteiger partial charge in [0.05, 0.1) is 41.4 Å². The zero-order chi connectivity index (χ0) is 27.8. The molecule has 0 fully saturated rings. The van der Waals surface area contributed by atoms with E-state index in [2.05, 4.69) is 20.9 Å². The molecule has 13 heteroatoms. The summed E-state index contributed by atoms with van der Waals surface area (Å²) in [4.78, 5) is 30.0. The highest BCUT2D eigenvalue weighted by atomic mass is 79.9. The van der Waals surface area contributed by atoms with Gasteiger partial charge in [-0.3, -0.25) is 9.36 Å². The van der Waals surface area contributed by atoms with E-state index in [0.717, 1.165) is 15.9 Å². The second-order valence-corrected chi connectivity index (χ2v) is 10.2. The van der Waals surface area contributed by atoms with Crippen LogP contribution in [0, 0.1) is 0 Å². The summed E-state index contributed by atoms with van der Waals surface area (Å²) < 4.78 is 59.9. The van der Waals surface area contributed by atoms with Crippen LogP contribution in [0.3, 0.4) is 0 Å². The average Bonchev–Trinajstić information content (AvgIpc) is 3.17. The number of nitrogens with zero attached hydrogens (tertiary/aromatic N) is 2. The summed E-state index contributed by atoms with van der Waals surface area (Å²) in [7, 11) is 2.92. The maximum atomic E-state index is 14.2. The smallest absolute Gasteiger partial charge is 0.434 e. The number of benzene rings is 2. The minimum Gasteiger partial charge on any atom is -0.493 e. The molecule has 2 heterocycles. The van der Waals surface area contributed by atoms with Crippen LogP contribution >= 0.6 is 38.9 Å². The fourth-order valence-electron chi connectivity index (χ4n) is 3.97. The second-order valence-electron chi connectivity index (χ2n) is 7.85. The Balaban J connectivity index is 2.03. The van der Waals surface area contributed by atoms with Gasteiger partial charge in [0.1, 0.15) is 0 Å². The zero-order valence-electron chi connectivity index (χ0n) is 20.1. The number of alkyl halides is 3. The van der Waals surface area contributed by atoms with Gasteiger partial charge in [-0.05, 0) is 64.3 Å². The Bertz CT molecular complexity index is 1610. The van der Waals surface area contributed by atoms with Crippen molar-refractivity contribution in [1.82, 2.24) is 4.57 Å². The number of methoxy groups -OCH3 is 2. The quantitative estimate of drug-likeness (QED) is 0.366. The lowest BCUT2D eigenvalue weighted by atomic mass is 9.95. The number of aromatic nitrogens is 1. The summed E-state index contributed by atoms with van der Waals surface area (Å²) in [6, 6.07) is 7.67. The highest BCUT2D eigenvalue weighted by molar-refractivity contribution is 9.10. The molecular formula is C25H19BrClF3N2O5S. The van der Waals surface area contributed by atoms with Crippen molar-refractivity contribution in [1.29, 1.82) is 0 Å². The van der Waals surface area contributed by atoms with E-state index >= 15 is 0 Å². The van der Waals surface area contributed by atoms with Crippen molar-refractivity contribution in [3.8, 4) is 11.5 Å². The van der Waals surface area contributed by atoms with Crippen molar-refractivity contribution in [3.63, 3.8) is 0 Å². The molecule has 3 aromatic rings. The Morgan fingerprint density at radius 3 is 2.47 bits per heavy atom. The third kappa shape index (κ3) is 5.25. The van der Waals surface area contributed by atoms with Crippen molar-refractivity contribution < 1.29 is 32.2 Å². The van der Waals surface area contributed by atoms with E-state index in [1.165, 1.54) is 51.5 Å². The summed E-state index contributed by atoms with van der Waals surface area (Å²) in [5.74, 6) is -0.409. The van der Waals surface area contributed by atoms with E-state index in [1.807, 2.05) is 0 Å². The molecule has 0 saturated heterocycles. The first-order valence-electron chi connectivity index (χ1n) is 11.0. The molecule has 0 spiro atoms. The van der Waals surface area contributed by atoms with Gasteiger partial charge in [-0.15, -0.1) is 0 Å². The highest BCUT2D eigenvalue weighted by Gasteiger charge is 2.45. The second kappa shape index (κ2) is 11.0. The van der Waals surface area contributed by atoms with Crippen LogP contribution in [0.15, 0.2) is 61.9 Å². The van der Waals surface area contributed by atoms with Crippen LogP contribution in [0.1, 0.15) is 24.1 Å². The van der Waals surface area contributed by atoms with E-state index in [0.29, 0.717) is 26.6 Å². The number of thiazole rings is 1. The minimum absolute atomic E-state index is 0.0912. The van der Waals surface area contributed by atoms with E-state index in [9.17, 15) is 22.8 Å². The van der Waals surface area contributed by atoms with Crippen LogP contribution < -0.4 is 24.4 Å². The topological polar surface area (TPSA) is 79.1 Å². The maximum absolute atomic E-state index is 14.2. The van der Waals surface area contributed by atoms with E-state index in [4.69, 9.17) is 25.8 Å². The summed E-state index contributed by atoms with van der Waals surface area (Å²) in [6.07, 6.45) is -3.49. The molecule has 1 atom stereocenters. The van der Waals surface area contributed by atoms with Gasteiger partial charge in [0.2, 0.25) is 0 Å². The fraction of sp³-hybridized carbons (Fsp3) is 0.240. The molecule has 0 radical (unpaired) electrons. The third-order valence-corrected chi connectivity index (χ3v) is 7.36. The first kappa shape index (κ1) is 27.9. The van der Waals surface area contributed by atoms with Gasteiger partial charge in [0.25, 0.3) is 5.56 Å². The molecule has 0 bridgehead atoms. The molecular weight excluding hydrogens is 613 g/mol. The fourth-order valence-corrected chi connectivity index (χ4v) is 5.72. The third-order valence-electron chi connectivity index (χ3n) is 5.53. The molecule has 1 aromatic heterocycles. The zero-order valence-corrected chi connectivity index (χ0v) is 23.2. The molecule has 200 valence electrons. The molecule has 0 aliphatic carbocycles. The lowest BCUT2D eigenvalue weighted by molar-refractivity contribution is -0.140. The van der Waals surface area contributed by atoms with E-state index in [-0.39, 0.29) is 21.5 Å². The van der Waals surface area contributed by atoms with Crippen LogP contribution in [-0.4, -0.2) is 37.5 Å². The molecule has 7 nitrogen and oxygen atoms in total. The summed E-state index contributed by atoms with van der Waals surface area (Å²) >= 11 is 10.1. The van der Waals surface area contributed by atoms with Crippen LogP contribution in [-0.2, 0) is 9.53 Å². The number of fused-ring (bicyclic) bond motifs is 1. The van der Waals surface area contributed by atoms with Gasteiger partial charge in [-0.1, -0.05) is 35.1 Å². The van der Waals surface area contributed by atoms with Gasteiger partial charge in [0.15, 0.2) is 22.0 Å². The van der Waals surface area contributed by atoms with Gasteiger partial charge >= 0.3 is 12.1 Å². The Hall–Kier alpha value is -3.09. The molecule has 0 saturated carbocycles. The van der Waals surface area contributed by atoms with Crippen molar-refractivity contribution >= 4 is 50.9 Å². The van der Waals surface area contributed by atoms with Gasteiger partial charge < -0.3 is 14.2 Å². The number of hydrogen-bond acceptors (Lipinski definition) is 7. The lowest BCUT2D eigenvalue weighted by Gasteiger charge is -2.26. The van der Waals surface area contributed by atoms with Crippen LogP contribution in [0.2, 0.25) is 5.02 Å². The number of carbonyl (C=O) groups excluding carboxylic acids is 1. The Labute approximate surface area is 231 Å². The number of rotatable bonds is 6. The molecule has 2 aromatic carbocycles. The average molecular weight is 632 g/mol. The van der Waals surface area contributed by atoms with Crippen molar-refractivity contribution in [2.24, 2.45) is 4.99 Å². The number of esters is 1. The first-order valence-corrected chi connectivity index (χ1v) is 13.0. The van der Waals surface area contributed by atoms with Crippen molar-refractivity contribution in [3.05, 3.63) is 88.0 Å². The summed E-state index contributed by atoms with van der Waals surface area (Å²) in [6.45, 7) is 1.30. The summed E-state index contributed by atoms with van der Waals surface area (Å²) in [5.41, 5.74) is -2.09. The molecule has 38 heavy (non-hydrogen) atoms. The van der Waals surface area contributed by atoms with E-state index in [1.54, 1.807) is 12.1 Å². The van der Waals surface area contributed by atoms with E-state index < -0.39 is 35.0 Å². The number of halogens is 5. The standard InChI is InChI=1S/C25H19BrClF3N2O5S/c1-4-37-23(34)18-19(13-5-7-14(27)8-6-13)32-22(33)17(38-24(32)31-21(18)25(28,29)30)11-12-9-15(26)20(36-3)16(10-12)35-2/h5-11,19H,4H2,1-3H3/b17-11-/t19-/m0/s1. The normalized spacial score (nSPS) is 15.7. The Morgan fingerprint density at radius 2 is 1.89 bits per heavy atom. The van der Waals surface area contributed by atoms with Crippen molar-refractivity contribution in [2.45, 2.75) is 19.1 Å². The SMILES string of the molecule is CCOC(=O)C1=C(C(F)(F)F)N=c2s/c(=C\c3cc(Br)c(OC)c(OC)c3)c(=O)n2[C@H]1c1ccc(Cl)cc1. The first-order chi connectivity index (χ1) is 18.0. The largest absolute Gasteiger partial charge is 0.493 e. The van der Waals surface area contributed by atoms with Crippen molar-refractivity contribution in [2.75, 3.05) is 20.8 Å². The summed E-state index contributed by atoms with van der Waals surface area (Å²) in [5, 5.41) is 0.331. The van der Waals surface area contributed by atoms with Crippen LogP contribution in [0.25, 0.3) is 6.08 Å². The number of carbonyl (C=O) groups is 1. The van der Waals surface area contributed by atoms with Crippen LogP contribution in [0.4, 0.5) is 13.2 Å². The molecule has 0 amide bonds. The lowest BCUT2D eigenvalue weighted by Crippen LogP contribution is -2.41. The Morgan fingerprint density at radius 1 is 1.21 bits per heavy atom. The molecule has 4 rings (SSSR count). The molecule has 1 aliphatic heterocycles. The number of allylic oxidation sites excluding steroid dienone is 1. The molecule has 0 N–H and O–H groups in total. The monoisotopic (exact) mass is 630 g/mol. The Kier molecular flexibility index (Phi) is 8.05. The predicted molar refractivity (Wildman–Crippen MR) is 139 cm³/mol. The highest BCUT2D eigenvalue weighted by Crippen LogP contribution is 2.39. The van der Waals surface area contributed by atoms with Crippen LogP contribution in [0.5, 0.6) is 11.5 Å². The number of ether oxygens (including phenoxy) is 3. The molecule has 0 unspecified atom stereocenters. The van der Waals surface area contributed by atoms with Gasteiger partial charge in [-0.2, -0.15) is 13.2 Å². The molecule has 1 aliphatic rings. The van der Waals surface area contributed by atoms with Gasteiger partial charge in [0, 0.05) is 5.02 Å². The predicted octanol–water partition coefficient (Wildman–Crippen LogP) is 4.77. The maximum Gasteiger partial charge on any atom is 0.434 e. The van der Waals surface area contributed by atoms with Gasteiger partial charge in [-0.25, -0.2) is 9.79 Å². The minimum atomic E-state index is -4.99.